The van der Waals surface area contributed by atoms with Crippen LogP contribution in [0.5, 0.6) is 11.5 Å². The number of aromatic nitrogens is 2. The standard InChI is InChI=1S/C17H24BrN3O2/c1-4-23-16-8-14(7-15(18)17(16)22-3)10-20-9-13(2)11-21-6-5-19-12-21/h5-8,12-13,20H,4,9-11H2,1-3H3. The van der Waals surface area contributed by atoms with Crippen molar-refractivity contribution in [1.29, 1.82) is 0 Å². The second-order valence-corrected chi connectivity index (χ2v) is 6.39. The Morgan fingerprint density at radius 1 is 1.39 bits per heavy atom. The molecule has 1 heterocycles. The Kier molecular flexibility index (Phi) is 6.92. The number of ether oxygens (including phenoxy) is 2. The molecule has 1 atom stereocenters. The maximum Gasteiger partial charge on any atom is 0.174 e. The topological polar surface area (TPSA) is 48.3 Å². The van der Waals surface area contributed by atoms with E-state index in [1.807, 2.05) is 31.7 Å². The number of hydrogen-bond acceptors (Lipinski definition) is 4. The predicted molar refractivity (Wildman–Crippen MR) is 95.0 cm³/mol. The summed E-state index contributed by atoms with van der Waals surface area (Å²) in [4.78, 5) is 4.07. The van der Waals surface area contributed by atoms with Crippen LogP contribution >= 0.6 is 15.9 Å². The fraction of sp³-hybridized carbons (Fsp3) is 0.471. The lowest BCUT2D eigenvalue weighted by Gasteiger charge is -2.15. The maximum absolute atomic E-state index is 5.65. The van der Waals surface area contributed by atoms with Crippen LogP contribution in [0, 0.1) is 5.92 Å². The molecule has 6 heteroatoms. The fourth-order valence-electron chi connectivity index (χ4n) is 2.47. The predicted octanol–water partition coefficient (Wildman–Crippen LogP) is 3.48. The summed E-state index contributed by atoms with van der Waals surface area (Å²) in [6.07, 6.45) is 5.65. The second kappa shape index (κ2) is 8.93. The number of nitrogens with zero attached hydrogens (tertiary/aromatic N) is 2. The Balaban J connectivity index is 1.89. The third-order valence-electron chi connectivity index (χ3n) is 3.48. The molecule has 2 rings (SSSR count). The van der Waals surface area contributed by atoms with Gasteiger partial charge in [0.15, 0.2) is 11.5 Å². The highest BCUT2D eigenvalue weighted by Crippen LogP contribution is 2.36. The summed E-state index contributed by atoms with van der Waals surface area (Å²) in [6, 6.07) is 4.09. The van der Waals surface area contributed by atoms with Crippen molar-refractivity contribution in [3.63, 3.8) is 0 Å². The van der Waals surface area contributed by atoms with Crippen LogP contribution in [-0.2, 0) is 13.1 Å². The van der Waals surface area contributed by atoms with Gasteiger partial charge in [0.1, 0.15) is 0 Å². The third kappa shape index (κ3) is 5.25. The molecule has 0 amide bonds. The lowest BCUT2D eigenvalue weighted by Crippen LogP contribution is -2.23. The van der Waals surface area contributed by atoms with E-state index < -0.39 is 0 Å². The Labute approximate surface area is 146 Å². The zero-order valence-corrected chi connectivity index (χ0v) is 15.5. The zero-order valence-electron chi connectivity index (χ0n) is 13.9. The molecule has 1 unspecified atom stereocenters. The van der Waals surface area contributed by atoms with Gasteiger partial charge in [-0.15, -0.1) is 0 Å². The average molecular weight is 382 g/mol. The number of imidazole rings is 1. The van der Waals surface area contributed by atoms with Crippen LogP contribution in [0.15, 0.2) is 35.3 Å². The average Bonchev–Trinajstić information content (AvgIpc) is 3.00. The van der Waals surface area contributed by atoms with Gasteiger partial charge in [0.2, 0.25) is 0 Å². The molecule has 2 aromatic rings. The van der Waals surface area contributed by atoms with Crippen molar-refractivity contribution in [3.8, 4) is 11.5 Å². The smallest absolute Gasteiger partial charge is 0.174 e. The molecule has 0 radical (unpaired) electrons. The zero-order chi connectivity index (χ0) is 16.7. The highest BCUT2D eigenvalue weighted by atomic mass is 79.9. The monoisotopic (exact) mass is 381 g/mol. The largest absolute Gasteiger partial charge is 0.492 e. The Hall–Kier alpha value is -1.53. The molecule has 1 N–H and O–H groups in total. The van der Waals surface area contributed by atoms with Gasteiger partial charge >= 0.3 is 0 Å². The van der Waals surface area contributed by atoms with Gasteiger partial charge in [0, 0.05) is 25.5 Å². The number of halogens is 1. The molecule has 0 aliphatic rings. The van der Waals surface area contributed by atoms with Crippen LogP contribution in [0.3, 0.4) is 0 Å². The molecule has 126 valence electrons. The van der Waals surface area contributed by atoms with Crippen molar-refractivity contribution in [3.05, 3.63) is 40.9 Å². The summed E-state index contributed by atoms with van der Waals surface area (Å²) in [6.45, 7) is 7.49. The highest BCUT2D eigenvalue weighted by molar-refractivity contribution is 9.10. The van der Waals surface area contributed by atoms with Gasteiger partial charge in [-0.3, -0.25) is 0 Å². The number of rotatable bonds is 9. The van der Waals surface area contributed by atoms with Crippen LogP contribution in [-0.4, -0.2) is 29.8 Å². The summed E-state index contributed by atoms with van der Waals surface area (Å²) in [5, 5.41) is 3.50. The van der Waals surface area contributed by atoms with Gasteiger partial charge in [-0.2, -0.15) is 0 Å². The second-order valence-electron chi connectivity index (χ2n) is 5.54. The molecular formula is C17H24BrN3O2. The summed E-state index contributed by atoms with van der Waals surface area (Å²) in [5.41, 5.74) is 1.16. The lowest BCUT2D eigenvalue weighted by atomic mass is 10.1. The van der Waals surface area contributed by atoms with Gasteiger partial charge in [-0.05, 0) is 53.0 Å². The SMILES string of the molecule is CCOc1cc(CNCC(C)Cn2ccnc2)cc(Br)c1OC. The van der Waals surface area contributed by atoms with Crippen molar-refractivity contribution >= 4 is 15.9 Å². The van der Waals surface area contributed by atoms with Crippen molar-refractivity contribution in [2.24, 2.45) is 5.92 Å². The van der Waals surface area contributed by atoms with Gasteiger partial charge < -0.3 is 19.4 Å². The molecule has 1 aromatic carbocycles. The van der Waals surface area contributed by atoms with Gasteiger partial charge in [0.25, 0.3) is 0 Å². The van der Waals surface area contributed by atoms with E-state index in [-0.39, 0.29) is 0 Å². The molecule has 0 bridgehead atoms. The van der Waals surface area contributed by atoms with Crippen LogP contribution in [0.1, 0.15) is 19.4 Å². The molecule has 23 heavy (non-hydrogen) atoms. The van der Waals surface area contributed by atoms with Gasteiger partial charge in [-0.25, -0.2) is 4.98 Å². The Morgan fingerprint density at radius 3 is 2.87 bits per heavy atom. The Bertz CT molecular complexity index is 602. The van der Waals surface area contributed by atoms with Crippen molar-refractivity contribution in [1.82, 2.24) is 14.9 Å². The maximum atomic E-state index is 5.65. The van der Waals surface area contributed by atoms with Gasteiger partial charge in [-0.1, -0.05) is 6.92 Å². The van der Waals surface area contributed by atoms with Crippen molar-refractivity contribution < 1.29 is 9.47 Å². The molecule has 0 saturated heterocycles. The first-order valence-corrected chi connectivity index (χ1v) is 8.59. The van der Waals surface area contributed by atoms with Crippen LogP contribution in [0.4, 0.5) is 0 Å². The van der Waals surface area contributed by atoms with E-state index in [0.29, 0.717) is 12.5 Å². The van der Waals surface area contributed by atoms with Gasteiger partial charge in [0.05, 0.1) is 24.5 Å². The van der Waals surface area contributed by atoms with E-state index >= 15 is 0 Å². The van der Waals surface area contributed by atoms with E-state index in [1.165, 1.54) is 0 Å². The first-order valence-electron chi connectivity index (χ1n) is 7.79. The third-order valence-corrected chi connectivity index (χ3v) is 4.07. The van der Waals surface area contributed by atoms with E-state index in [1.54, 1.807) is 7.11 Å². The molecule has 5 nitrogen and oxygen atoms in total. The summed E-state index contributed by atoms with van der Waals surface area (Å²) in [7, 11) is 1.65. The summed E-state index contributed by atoms with van der Waals surface area (Å²) < 4.78 is 14.1. The quantitative estimate of drug-likeness (QED) is 0.722. The van der Waals surface area contributed by atoms with E-state index in [4.69, 9.17) is 9.47 Å². The normalized spacial score (nSPS) is 12.2. The van der Waals surface area contributed by atoms with Crippen molar-refractivity contribution in [2.75, 3.05) is 20.3 Å². The molecule has 0 spiro atoms. The number of benzene rings is 1. The fourth-order valence-corrected chi connectivity index (χ4v) is 3.12. The number of hydrogen-bond donors (Lipinski definition) is 1. The first kappa shape index (κ1) is 17.8. The first-order chi connectivity index (χ1) is 11.1. The minimum atomic E-state index is 0.525. The van der Waals surface area contributed by atoms with E-state index in [9.17, 15) is 0 Å². The molecular weight excluding hydrogens is 358 g/mol. The summed E-state index contributed by atoms with van der Waals surface area (Å²) in [5.74, 6) is 2.04. The van der Waals surface area contributed by atoms with Crippen molar-refractivity contribution in [2.45, 2.75) is 26.9 Å². The lowest BCUT2D eigenvalue weighted by molar-refractivity contribution is 0.309. The molecule has 1 aromatic heterocycles. The Morgan fingerprint density at radius 2 is 2.22 bits per heavy atom. The van der Waals surface area contributed by atoms with Crippen LogP contribution in [0.25, 0.3) is 0 Å². The molecule has 0 fully saturated rings. The van der Waals surface area contributed by atoms with Crippen LogP contribution < -0.4 is 14.8 Å². The molecule has 0 aliphatic carbocycles. The number of nitrogens with one attached hydrogen (secondary N) is 1. The highest BCUT2D eigenvalue weighted by Gasteiger charge is 2.11. The molecule has 0 aliphatic heterocycles. The van der Waals surface area contributed by atoms with E-state index in [0.717, 1.165) is 41.2 Å². The van der Waals surface area contributed by atoms with E-state index in [2.05, 4.69) is 43.8 Å². The summed E-state index contributed by atoms with van der Waals surface area (Å²) >= 11 is 3.55. The minimum Gasteiger partial charge on any atom is -0.492 e. The van der Waals surface area contributed by atoms with Crippen LogP contribution in [0.2, 0.25) is 0 Å². The molecule has 0 saturated carbocycles. The number of methoxy groups -OCH3 is 1. The minimum absolute atomic E-state index is 0.525.